The average Bonchev–Trinajstić information content (AvgIpc) is 2.89. The van der Waals surface area contributed by atoms with E-state index in [1.807, 2.05) is 58.2 Å². The predicted molar refractivity (Wildman–Crippen MR) is 91.2 cm³/mol. The van der Waals surface area contributed by atoms with Gasteiger partial charge in [0.05, 0.1) is 18.2 Å². The van der Waals surface area contributed by atoms with E-state index in [2.05, 4.69) is 23.2 Å². The first-order valence-electron chi connectivity index (χ1n) is 7.93. The van der Waals surface area contributed by atoms with E-state index in [0.717, 1.165) is 24.9 Å². The van der Waals surface area contributed by atoms with Gasteiger partial charge in [-0.2, -0.15) is 5.26 Å². The van der Waals surface area contributed by atoms with E-state index in [0.29, 0.717) is 5.92 Å². The maximum absolute atomic E-state index is 10.1. The Morgan fingerprint density at radius 1 is 1.36 bits per heavy atom. The smallest absolute Gasteiger partial charge is 0.207 e. The van der Waals surface area contributed by atoms with Gasteiger partial charge in [0.1, 0.15) is 0 Å². The monoisotopic (exact) mass is 303 g/mol. The van der Waals surface area contributed by atoms with E-state index >= 15 is 0 Å². The Bertz CT molecular complexity index is 441. The van der Waals surface area contributed by atoms with E-state index in [-0.39, 0.29) is 12.1 Å². The van der Waals surface area contributed by atoms with Crippen LogP contribution < -0.4 is 5.32 Å². The Morgan fingerprint density at radius 2 is 1.95 bits per heavy atom. The fraction of sp³-hybridized carbons (Fsp3) is 0.556. The van der Waals surface area contributed by atoms with Crippen molar-refractivity contribution in [3.8, 4) is 6.07 Å². The summed E-state index contributed by atoms with van der Waals surface area (Å²) >= 11 is 0. The Hall–Kier alpha value is -1.86. The van der Waals surface area contributed by atoms with Crippen molar-refractivity contribution in [2.75, 3.05) is 13.6 Å². The van der Waals surface area contributed by atoms with Gasteiger partial charge in [-0.1, -0.05) is 51.1 Å². The van der Waals surface area contributed by atoms with Gasteiger partial charge in [0.15, 0.2) is 0 Å². The molecule has 4 nitrogen and oxygen atoms in total. The maximum atomic E-state index is 10.1. The highest BCUT2D eigenvalue weighted by molar-refractivity contribution is 5.47. The van der Waals surface area contributed by atoms with Crippen molar-refractivity contribution in [1.29, 1.82) is 5.26 Å². The normalized spacial score (nSPS) is 21.3. The second-order valence-electron chi connectivity index (χ2n) is 5.34. The highest BCUT2D eigenvalue weighted by atomic mass is 16.1. The Balaban J connectivity index is 0.000000366. The summed E-state index contributed by atoms with van der Waals surface area (Å²) in [5.74, 6) is 0.708. The first kappa shape index (κ1) is 20.1. The summed E-state index contributed by atoms with van der Waals surface area (Å²) in [5, 5.41) is 11.2. The Morgan fingerprint density at radius 3 is 2.32 bits per heavy atom. The molecule has 0 radical (unpaired) electrons. The second kappa shape index (κ2) is 11.8. The van der Waals surface area contributed by atoms with Crippen LogP contribution in [0.1, 0.15) is 45.7 Å². The topological polar surface area (TPSA) is 56.1 Å². The fourth-order valence-corrected chi connectivity index (χ4v) is 2.35. The number of rotatable bonds is 3. The van der Waals surface area contributed by atoms with Crippen molar-refractivity contribution in [1.82, 2.24) is 10.2 Å². The summed E-state index contributed by atoms with van der Waals surface area (Å²) in [7, 11) is 2.01. The summed E-state index contributed by atoms with van der Waals surface area (Å²) in [5.41, 5.74) is 1.12. The van der Waals surface area contributed by atoms with Crippen LogP contribution in [0.2, 0.25) is 0 Å². The van der Waals surface area contributed by atoms with E-state index in [4.69, 9.17) is 5.26 Å². The lowest BCUT2D eigenvalue weighted by molar-refractivity contribution is -0.110. The van der Waals surface area contributed by atoms with Gasteiger partial charge in [-0.05, 0) is 31.9 Å². The zero-order chi connectivity index (χ0) is 17.0. The first-order chi connectivity index (χ1) is 10.6. The summed E-state index contributed by atoms with van der Waals surface area (Å²) in [6.45, 7) is 9.22. The summed E-state index contributed by atoms with van der Waals surface area (Å²) < 4.78 is 0. The lowest BCUT2D eigenvalue weighted by atomic mass is 10.1. The molecular formula is C18H29N3O. The van der Waals surface area contributed by atoms with Gasteiger partial charge in [-0.3, -0.25) is 9.69 Å². The van der Waals surface area contributed by atoms with Crippen LogP contribution in [0.25, 0.3) is 0 Å². The van der Waals surface area contributed by atoms with Crippen LogP contribution in [-0.2, 0) is 4.79 Å². The van der Waals surface area contributed by atoms with Gasteiger partial charge >= 0.3 is 0 Å². The van der Waals surface area contributed by atoms with Gasteiger partial charge in [-0.15, -0.1) is 0 Å². The molecule has 4 heteroatoms. The van der Waals surface area contributed by atoms with Crippen LogP contribution in [-0.4, -0.2) is 30.9 Å². The standard InChI is InChI=1S/C9H11NO.C7H12N2.C2H6/c1-8(10-7-11)9-5-3-2-4-6-9;1-6-3-7(4-8)9(2)5-6;1-2/h2-8H,1H3,(H,10,11);6-7H,3,5H2,1-2H3;1-2H3. The van der Waals surface area contributed by atoms with E-state index in [9.17, 15) is 4.79 Å². The van der Waals surface area contributed by atoms with Crippen molar-refractivity contribution < 1.29 is 4.79 Å². The molecule has 1 aliphatic heterocycles. The molecule has 0 aromatic heterocycles. The van der Waals surface area contributed by atoms with Crippen molar-refractivity contribution >= 4 is 6.41 Å². The largest absolute Gasteiger partial charge is 0.352 e. The number of amides is 1. The average molecular weight is 303 g/mol. The molecule has 1 saturated heterocycles. The minimum absolute atomic E-state index is 0.105. The number of benzene rings is 1. The number of likely N-dealkylation sites (tertiary alicyclic amines) is 1. The fourth-order valence-electron chi connectivity index (χ4n) is 2.35. The molecule has 1 N–H and O–H groups in total. The summed E-state index contributed by atoms with van der Waals surface area (Å²) in [4.78, 5) is 12.2. The van der Waals surface area contributed by atoms with Crippen LogP contribution in [0.4, 0.5) is 0 Å². The SMILES string of the molecule is CC.CC(NC=O)c1ccccc1.CC1CC(C#N)N(C)C1. The number of hydrogen-bond acceptors (Lipinski definition) is 3. The molecule has 1 aliphatic rings. The Labute approximate surface area is 135 Å². The molecule has 1 aromatic carbocycles. The molecular weight excluding hydrogens is 274 g/mol. The molecule has 1 heterocycles. The van der Waals surface area contributed by atoms with Gasteiger partial charge < -0.3 is 5.32 Å². The van der Waals surface area contributed by atoms with Crippen molar-refractivity contribution in [3.05, 3.63) is 35.9 Å². The van der Waals surface area contributed by atoms with Gasteiger partial charge in [0.2, 0.25) is 6.41 Å². The number of nitriles is 1. The van der Waals surface area contributed by atoms with Crippen LogP contribution in [0.15, 0.2) is 30.3 Å². The first-order valence-corrected chi connectivity index (χ1v) is 7.93. The van der Waals surface area contributed by atoms with E-state index in [1.165, 1.54) is 0 Å². The maximum Gasteiger partial charge on any atom is 0.207 e. The van der Waals surface area contributed by atoms with Crippen LogP contribution in [0.5, 0.6) is 0 Å². The van der Waals surface area contributed by atoms with E-state index < -0.39 is 0 Å². The molecule has 0 spiro atoms. The number of nitrogens with one attached hydrogen (secondary N) is 1. The third-order valence-corrected chi connectivity index (χ3v) is 3.52. The second-order valence-corrected chi connectivity index (χ2v) is 5.34. The molecule has 3 atom stereocenters. The molecule has 2 rings (SSSR count). The number of hydrogen-bond donors (Lipinski definition) is 1. The van der Waals surface area contributed by atoms with Crippen LogP contribution in [0, 0.1) is 17.2 Å². The highest BCUT2D eigenvalue weighted by Crippen LogP contribution is 2.19. The van der Waals surface area contributed by atoms with E-state index in [1.54, 1.807) is 0 Å². The zero-order valence-corrected chi connectivity index (χ0v) is 14.4. The lowest BCUT2D eigenvalue weighted by Gasteiger charge is -2.09. The van der Waals surface area contributed by atoms with Crippen molar-refractivity contribution in [3.63, 3.8) is 0 Å². The molecule has 1 aromatic rings. The molecule has 1 amide bonds. The quantitative estimate of drug-likeness (QED) is 0.871. The third kappa shape index (κ3) is 7.24. The van der Waals surface area contributed by atoms with Gasteiger partial charge in [0, 0.05) is 6.54 Å². The lowest BCUT2D eigenvalue weighted by Crippen LogP contribution is -2.22. The minimum atomic E-state index is 0.105. The number of nitrogens with zero attached hydrogens (tertiary/aromatic N) is 2. The van der Waals surface area contributed by atoms with Crippen LogP contribution in [0.3, 0.4) is 0 Å². The summed E-state index contributed by atoms with van der Waals surface area (Å²) in [6, 6.07) is 12.4. The van der Waals surface area contributed by atoms with Crippen molar-refractivity contribution in [2.24, 2.45) is 5.92 Å². The number of carbonyl (C=O) groups excluding carboxylic acids is 1. The molecule has 1 fully saturated rings. The van der Waals surface area contributed by atoms with Gasteiger partial charge in [0.25, 0.3) is 0 Å². The van der Waals surface area contributed by atoms with Gasteiger partial charge in [-0.25, -0.2) is 0 Å². The highest BCUT2D eigenvalue weighted by Gasteiger charge is 2.25. The number of carbonyl (C=O) groups is 1. The molecule has 22 heavy (non-hydrogen) atoms. The van der Waals surface area contributed by atoms with Crippen molar-refractivity contribution in [2.45, 2.75) is 46.2 Å². The third-order valence-electron chi connectivity index (χ3n) is 3.52. The molecule has 0 bridgehead atoms. The molecule has 0 saturated carbocycles. The molecule has 0 aliphatic carbocycles. The summed E-state index contributed by atoms with van der Waals surface area (Å²) in [6.07, 6.45) is 1.77. The predicted octanol–water partition coefficient (Wildman–Crippen LogP) is 3.37. The van der Waals surface area contributed by atoms with Crippen LogP contribution >= 0.6 is 0 Å². The minimum Gasteiger partial charge on any atom is -0.352 e. The zero-order valence-electron chi connectivity index (χ0n) is 14.4. The Kier molecular flexibility index (Phi) is 10.8. The molecule has 3 unspecified atom stereocenters. The molecule has 122 valence electrons.